The highest BCUT2D eigenvalue weighted by Gasteiger charge is 2.17. The normalized spacial score (nSPS) is 11.0. The maximum absolute atomic E-state index is 12.1. The van der Waals surface area contributed by atoms with E-state index in [9.17, 15) is 13.2 Å². The van der Waals surface area contributed by atoms with E-state index in [0.29, 0.717) is 5.75 Å². The Morgan fingerprint density at radius 1 is 1.04 bits per heavy atom. The van der Waals surface area contributed by atoms with Crippen LogP contribution in [-0.4, -0.2) is 28.0 Å². The van der Waals surface area contributed by atoms with E-state index in [1.807, 2.05) is 6.92 Å². The lowest BCUT2D eigenvalue weighted by Crippen LogP contribution is -2.32. The highest BCUT2D eigenvalue weighted by atomic mass is 32.2. The molecule has 0 amide bonds. The lowest BCUT2D eigenvalue weighted by molar-refractivity contribution is -0.133. The van der Waals surface area contributed by atoms with Crippen LogP contribution in [0.2, 0.25) is 0 Å². The van der Waals surface area contributed by atoms with Crippen LogP contribution in [0.1, 0.15) is 5.56 Å². The zero-order valence-corrected chi connectivity index (χ0v) is 13.6. The van der Waals surface area contributed by atoms with Gasteiger partial charge in [0.05, 0.1) is 12.0 Å². The first-order chi connectivity index (χ1) is 10.9. The summed E-state index contributed by atoms with van der Waals surface area (Å²) in [6.45, 7) is 1.38. The number of rotatable bonds is 6. The number of benzene rings is 2. The van der Waals surface area contributed by atoms with Crippen molar-refractivity contribution in [1.82, 2.24) is 4.72 Å². The molecule has 0 saturated heterocycles. The summed E-state index contributed by atoms with van der Waals surface area (Å²) in [5, 5.41) is 0. The van der Waals surface area contributed by atoms with Gasteiger partial charge in [0.25, 0.3) is 0 Å². The fourth-order valence-electron chi connectivity index (χ4n) is 1.82. The van der Waals surface area contributed by atoms with E-state index in [0.717, 1.165) is 5.56 Å². The molecule has 0 saturated carbocycles. The molecule has 0 atom stereocenters. The molecule has 0 aliphatic heterocycles. The average molecular weight is 335 g/mol. The maximum atomic E-state index is 12.1. The number of esters is 1. The Bertz CT molecular complexity index is 784. The van der Waals surface area contributed by atoms with Crippen molar-refractivity contribution >= 4 is 16.0 Å². The van der Waals surface area contributed by atoms with Crippen LogP contribution in [0.3, 0.4) is 0 Å². The molecule has 0 radical (unpaired) electrons. The molecule has 0 aromatic heterocycles. The molecule has 0 fully saturated rings. The molecule has 6 nitrogen and oxygen atoms in total. The maximum Gasteiger partial charge on any atom is 0.326 e. The quantitative estimate of drug-likeness (QED) is 0.644. The Balaban J connectivity index is 2.00. The van der Waals surface area contributed by atoms with Crippen LogP contribution in [0.15, 0.2) is 53.4 Å². The van der Waals surface area contributed by atoms with Crippen LogP contribution in [0.25, 0.3) is 0 Å². The van der Waals surface area contributed by atoms with Crippen LogP contribution in [-0.2, 0) is 14.8 Å². The van der Waals surface area contributed by atoms with Gasteiger partial charge in [0.15, 0.2) is 11.5 Å². The van der Waals surface area contributed by atoms with Gasteiger partial charge in [0.2, 0.25) is 10.0 Å². The molecule has 0 aliphatic carbocycles. The third-order valence-corrected chi connectivity index (χ3v) is 4.45. The van der Waals surface area contributed by atoms with E-state index < -0.39 is 22.5 Å². The van der Waals surface area contributed by atoms with Crippen LogP contribution >= 0.6 is 0 Å². The SMILES string of the molecule is COc1ccccc1OC(=O)CNS(=O)(=O)c1ccc(C)cc1. The third kappa shape index (κ3) is 4.54. The summed E-state index contributed by atoms with van der Waals surface area (Å²) < 4.78 is 36.5. The summed E-state index contributed by atoms with van der Waals surface area (Å²) in [5.74, 6) is -0.109. The lowest BCUT2D eigenvalue weighted by atomic mass is 10.2. The highest BCUT2D eigenvalue weighted by Crippen LogP contribution is 2.25. The lowest BCUT2D eigenvalue weighted by Gasteiger charge is -2.10. The molecular formula is C16H17NO5S. The van der Waals surface area contributed by atoms with Crippen molar-refractivity contribution in [1.29, 1.82) is 0 Å². The Morgan fingerprint density at radius 3 is 2.26 bits per heavy atom. The van der Waals surface area contributed by atoms with E-state index in [1.54, 1.807) is 36.4 Å². The Morgan fingerprint density at radius 2 is 1.65 bits per heavy atom. The molecule has 7 heteroatoms. The number of sulfonamides is 1. The molecule has 0 aliphatic rings. The van der Waals surface area contributed by atoms with Gasteiger partial charge >= 0.3 is 5.97 Å². The molecule has 23 heavy (non-hydrogen) atoms. The second-order valence-electron chi connectivity index (χ2n) is 4.76. The fraction of sp³-hybridized carbons (Fsp3) is 0.188. The van der Waals surface area contributed by atoms with Crippen LogP contribution in [0.5, 0.6) is 11.5 Å². The van der Waals surface area contributed by atoms with Crippen molar-refractivity contribution in [2.45, 2.75) is 11.8 Å². The molecule has 0 heterocycles. The molecule has 0 bridgehead atoms. The average Bonchev–Trinajstić information content (AvgIpc) is 2.54. The van der Waals surface area contributed by atoms with Crippen molar-refractivity contribution in [2.24, 2.45) is 0 Å². The highest BCUT2D eigenvalue weighted by molar-refractivity contribution is 7.89. The Hall–Kier alpha value is -2.38. The molecule has 2 aromatic rings. The van der Waals surface area contributed by atoms with Gasteiger partial charge in [-0.1, -0.05) is 29.8 Å². The standard InChI is InChI=1S/C16H17NO5S/c1-12-7-9-13(10-8-12)23(19,20)17-11-16(18)22-15-6-4-3-5-14(15)21-2/h3-10,17H,11H2,1-2H3. The zero-order valence-electron chi connectivity index (χ0n) is 12.8. The summed E-state index contributed by atoms with van der Waals surface area (Å²) in [6, 6.07) is 12.9. The van der Waals surface area contributed by atoms with Crippen molar-refractivity contribution in [3.05, 3.63) is 54.1 Å². The van der Waals surface area contributed by atoms with Crippen molar-refractivity contribution in [2.75, 3.05) is 13.7 Å². The van der Waals surface area contributed by atoms with Gasteiger partial charge < -0.3 is 9.47 Å². The number of hydrogen-bond acceptors (Lipinski definition) is 5. The van der Waals surface area contributed by atoms with E-state index in [2.05, 4.69) is 4.72 Å². The summed E-state index contributed by atoms with van der Waals surface area (Å²) >= 11 is 0. The van der Waals surface area contributed by atoms with Crippen molar-refractivity contribution in [3.63, 3.8) is 0 Å². The van der Waals surface area contributed by atoms with Crippen molar-refractivity contribution < 1.29 is 22.7 Å². The first-order valence-corrected chi connectivity index (χ1v) is 8.31. The van der Waals surface area contributed by atoms with E-state index in [1.165, 1.54) is 19.2 Å². The molecule has 0 unspecified atom stereocenters. The molecule has 2 aromatic carbocycles. The first kappa shape index (κ1) is 17.0. The van der Waals surface area contributed by atoms with Crippen LogP contribution in [0, 0.1) is 6.92 Å². The van der Waals surface area contributed by atoms with Gasteiger partial charge in [-0.2, -0.15) is 4.72 Å². The zero-order chi connectivity index (χ0) is 16.9. The topological polar surface area (TPSA) is 81.7 Å². The number of nitrogens with one attached hydrogen (secondary N) is 1. The molecule has 1 N–H and O–H groups in total. The Kier molecular flexibility index (Phi) is 5.36. The third-order valence-electron chi connectivity index (χ3n) is 3.03. The van der Waals surface area contributed by atoms with Crippen LogP contribution < -0.4 is 14.2 Å². The number of ether oxygens (including phenoxy) is 2. The Labute approximate surface area is 135 Å². The summed E-state index contributed by atoms with van der Waals surface area (Å²) in [6.07, 6.45) is 0. The minimum Gasteiger partial charge on any atom is -0.493 e. The molecule has 0 spiro atoms. The van der Waals surface area contributed by atoms with Gasteiger partial charge in [-0.15, -0.1) is 0 Å². The van der Waals surface area contributed by atoms with Gasteiger partial charge in [0.1, 0.15) is 6.54 Å². The second kappa shape index (κ2) is 7.26. The van der Waals surface area contributed by atoms with Crippen LogP contribution in [0.4, 0.5) is 0 Å². The minimum absolute atomic E-state index is 0.0909. The van der Waals surface area contributed by atoms with Gasteiger partial charge in [-0.3, -0.25) is 4.79 Å². The number of carbonyl (C=O) groups excluding carboxylic acids is 1. The van der Waals surface area contributed by atoms with Gasteiger partial charge in [0, 0.05) is 0 Å². The number of hydrogen-bond donors (Lipinski definition) is 1. The first-order valence-electron chi connectivity index (χ1n) is 6.82. The number of para-hydroxylation sites is 2. The number of aryl methyl sites for hydroxylation is 1. The predicted octanol–water partition coefficient (Wildman–Crippen LogP) is 1.89. The molecule has 2 rings (SSSR count). The summed E-state index contributed by atoms with van der Waals surface area (Å²) in [4.78, 5) is 11.9. The fourth-order valence-corrected chi connectivity index (χ4v) is 2.79. The number of methoxy groups -OCH3 is 1. The smallest absolute Gasteiger partial charge is 0.326 e. The molecule has 122 valence electrons. The summed E-state index contributed by atoms with van der Waals surface area (Å²) in [5.41, 5.74) is 0.944. The monoisotopic (exact) mass is 335 g/mol. The van der Waals surface area contributed by atoms with E-state index in [4.69, 9.17) is 9.47 Å². The van der Waals surface area contributed by atoms with Gasteiger partial charge in [-0.05, 0) is 31.2 Å². The molecular weight excluding hydrogens is 318 g/mol. The van der Waals surface area contributed by atoms with Gasteiger partial charge in [-0.25, -0.2) is 8.42 Å². The van der Waals surface area contributed by atoms with E-state index in [-0.39, 0.29) is 10.6 Å². The van der Waals surface area contributed by atoms with Crippen molar-refractivity contribution in [3.8, 4) is 11.5 Å². The minimum atomic E-state index is -3.76. The largest absolute Gasteiger partial charge is 0.493 e. The second-order valence-corrected chi connectivity index (χ2v) is 6.53. The predicted molar refractivity (Wildman–Crippen MR) is 85.0 cm³/mol. The number of carbonyl (C=O) groups is 1. The van der Waals surface area contributed by atoms with E-state index >= 15 is 0 Å². The summed E-state index contributed by atoms with van der Waals surface area (Å²) in [7, 11) is -2.31.